The highest BCUT2D eigenvalue weighted by molar-refractivity contribution is 5.32. The number of quaternary nitrogens is 1. The molecule has 0 aliphatic heterocycles. The van der Waals surface area contributed by atoms with Gasteiger partial charge in [-0.15, -0.1) is 0 Å². The minimum Gasteiger partial charge on any atom is -0.487 e. The van der Waals surface area contributed by atoms with Crippen LogP contribution in [0.5, 0.6) is 5.75 Å². The van der Waals surface area contributed by atoms with E-state index in [0.717, 1.165) is 5.75 Å². The highest BCUT2D eigenvalue weighted by atomic mass is 16.5. The van der Waals surface area contributed by atoms with Crippen molar-refractivity contribution in [2.24, 2.45) is 0 Å². The molecule has 72 valence electrons. The molecule has 2 nitrogen and oxygen atoms in total. The predicted molar refractivity (Wildman–Crippen MR) is 53.8 cm³/mol. The molecular weight excluding hydrogens is 162 g/mol. The first-order valence-electron chi connectivity index (χ1n) is 4.62. The van der Waals surface area contributed by atoms with Crippen molar-refractivity contribution in [3.05, 3.63) is 29.3 Å². The Hall–Kier alpha value is -1.02. The van der Waals surface area contributed by atoms with Crippen molar-refractivity contribution in [2.75, 3.05) is 6.61 Å². The highest BCUT2D eigenvalue weighted by Gasteiger charge is 2.00. The van der Waals surface area contributed by atoms with Crippen LogP contribution in [-0.4, -0.2) is 12.6 Å². The molecule has 1 aromatic rings. The lowest BCUT2D eigenvalue weighted by Gasteiger charge is -2.08. The summed E-state index contributed by atoms with van der Waals surface area (Å²) in [5, 5.41) is 0. The van der Waals surface area contributed by atoms with Crippen LogP contribution in [0.15, 0.2) is 18.2 Å². The second kappa shape index (κ2) is 4.28. The molecule has 0 saturated carbocycles. The molecule has 2 heteroatoms. The Kier molecular flexibility index (Phi) is 3.32. The largest absolute Gasteiger partial charge is 0.487 e. The van der Waals surface area contributed by atoms with Gasteiger partial charge in [0.05, 0.1) is 0 Å². The van der Waals surface area contributed by atoms with Crippen LogP contribution in [0, 0.1) is 13.8 Å². The van der Waals surface area contributed by atoms with Gasteiger partial charge >= 0.3 is 0 Å². The van der Waals surface area contributed by atoms with Gasteiger partial charge in [-0.1, -0.05) is 6.07 Å². The van der Waals surface area contributed by atoms with E-state index in [1.165, 1.54) is 11.1 Å². The molecule has 0 radical (unpaired) electrons. The Morgan fingerprint density at radius 1 is 1.23 bits per heavy atom. The molecule has 0 heterocycles. The van der Waals surface area contributed by atoms with Gasteiger partial charge in [0.1, 0.15) is 18.4 Å². The number of aryl methyl sites for hydroxylation is 2. The Bertz CT molecular complexity index is 261. The zero-order valence-corrected chi connectivity index (χ0v) is 8.63. The molecule has 13 heavy (non-hydrogen) atoms. The summed E-state index contributed by atoms with van der Waals surface area (Å²) in [6.07, 6.45) is 0. The fraction of sp³-hybridized carbons (Fsp3) is 0.455. The van der Waals surface area contributed by atoms with E-state index in [-0.39, 0.29) is 0 Å². The smallest absolute Gasteiger partial charge is 0.139 e. The number of rotatable bonds is 3. The molecule has 0 amide bonds. The number of ether oxygens (including phenoxy) is 1. The fourth-order valence-corrected chi connectivity index (χ4v) is 1.25. The molecule has 3 N–H and O–H groups in total. The standard InChI is InChI=1S/C11H17NO/c1-8-4-9(2)6-11(5-8)13-7-10(3)12/h4-6,10H,7,12H2,1-3H3/p+1/t10-/m0/s1. The molecule has 0 aromatic heterocycles. The molecule has 0 aliphatic rings. The lowest BCUT2D eigenvalue weighted by Crippen LogP contribution is -2.61. The van der Waals surface area contributed by atoms with Gasteiger partial charge in [-0.05, 0) is 44.0 Å². The minimum atomic E-state index is 0.334. The lowest BCUT2D eigenvalue weighted by molar-refractivity contribution is -0.417. The van der Waals surface area contributed by atoms with E-state index >= 15 is 0 Å². The summed E-state index contributed by atoms with van der Waals surface area (Å²) >= 11 is 0. The van der Waals surface area contributed by atoms with Crippen LogP contribution in [-0.2, 0) is 0 Å². The average Bonchev–Trinajstić information content (AvgIpc) is 1.99. The van der Waals surface area contributed by atoms with Gasteiger partial charge in [-0.2, -0.15) is 0 Å². The van der Waals surface area contributed by atoms with E-state index in [1.807, 2.05) is 6.92 Å². The predicted octanol–water partition coefficient (Wildman–Crippen LogP) is 1.31. The molecule has 0 fully saturated rings. The van der Waals surface area contributed by atoms with E-state index in [9.17, 15) is 0 Å². The summed E-state index contributed by atoms with van der Waals surface area (Å²) in [4.78, 5) is 0. The summed E-state index contributed by atoms with van der Waals surface area (Å²) in [6.45, 7) is 6.88. The molecule has 0 saturated heterocycles. The molecule has 1 atom stereocenters. The third-order valence-electron chi connectivity index (χ3n) is 1.73. The normalized spacial score (nSPS) is 12.6. The molecule has 0 bridgehead atoms. The van der Waals surface area contributed by atoms with Gasteiger partial charge in [0.2, 0.25) is 0 Å². The maximum atomic E-state index is 5.57. The van der Waals surface area contributed by atoms with Crippen LogP contribution >= 0.6 is 0 Å². The topological polar surface area (TPSA) is 36.9 Å². The van der Waals surface area contributed by atoms with Gasteiger partial charge in [0.25, 0.3) is 0 Å². The zero-order valence-electron chi connectivity index (χ0n) is 8.63. The van der Waals surface area contributed by atoms with E-state index < -0.39 is 0 Å². The van der Waals surface area contributed by atoms with E-state index in [4.69, 9.17) is 4.74 Å². The summed E-state index contributed by atoms with van der Waals surface area (Å²) in [6, 6.07) is 6.58. The van der Waals surface area contributed by atoms with Crippen molar-refractivity contribution in [1.82, 2.24) is 0 Å². The van der Waals surface area contributed by atoms with Crippen LogP contribution in [0.1, 0.15) is 18.1 Å². The van der Waals surface area contributed by atoms with Crippen molar-refractivity contribution in [1.29, 1.82) is 0 Å². The summed E-state index contributed by atoms with van der Waals surface area (Å²) in [7, 11) is 0. The van der Waals surface area contributed by atoms with Gasteiger partial charge in [0, 0.05) is 0 Å². The Morgan fingerprint density at radius 2 is 1.77 bits per heavy atom. The van der Waals surface area contributed by atoms with Gasteiger partial charge in [-0.25, -0.2) is 0 Å². The van der Waals surface area contributed by atoms with Crippen LogP contribution in [0.4, 0.5) is 0 Å². The fourth-order valence-electron chi connectivity index (χ4n) is 1.25. The zero-order chi connectivity index (χ0) is 9.84. The highest BCUT2D eigenvalue weighted by Crippen LogP contribution is 2.15. The summed E-state index contributed by atoms with van der Waals surface area (Å²) in [5.41, 5.74) is 6.36. The van der Waals surface area contributed by atoms with E-state index in [1.54, 1.807) is 0 Å². The second-order valence-corrected chi connectivity index (χ2v) is 3.74. The van der Waals surface area contributed by atoms with Crippen molar-refractivity contribution in [3.63, 3.8) is 0 Å². The molecule has 1 rings (SSSR count). The van der Waals surface area contributed by atoms with Crippen molar-refractivity contribution in [3.8, 4) is 5.75 Å². The van der Waals surface area contributed by atoms with Gasteiger partial charge < -0.3 is 10.5 Å². The van der Waals surface area contributed by atoms with Crippen LogP contribution in [0.2, 0.25) is 0 Å². The van der Waals surface area contributed by atoms with Gasteiger partial charge in [-0.3, -0.25) is 0 Å². The SMILES string of the molecule is Cc1cc(C)cc(OC[C@H](C)[NH3+])c1. The van der Waals surface area contributed by atoms with Crippen molar-refractivity contribution in [2.45, 2.75) is 26.8 Å². The molecule has 1 aromatic carbocycles. The third-order valence-corrected chi connectivity index (χ3v) is 1.73. The second-order valence-electron chi connectivity index (χ2n) is 3.74. The number of benzene rings is 1. The Labute approximate surface area is 79.7 Å². The first-order chi connectivity index (χ1) is 6.08. The first-order valence-corrected chi connectivity index (χ1v) is 4.62. The summed E-state index contributed by atoms with van der Waals surface area (Å²) < 4.78 is 5.57. The minimum absolute atomic E-state index is 0.334. The van der Waals surface area contributed by atoms with Crippen molar-refractivity contribution < 1.29 is 10.5 Å². The van der Waals surface area contributed by atoms with Crippen LogP contribution in [0.3, 0.4) is 0 Å². The van der Waals surface area contributed by atoms with Gasteiger partial charge in [0.15, 0.2) is 0 Å². The molecule has 0 unspecified atom stereocenters. The average molecular weight is 180 g/mol. The number of hydrogen-bond acceptors (Lipinski definition) is 1. The van der Waals surface area contributed by atoms with Crippen molar-refractivity contribution >= 4 is 0 Å². The van der Waals surface area contributed by atoms with Crippen LogP contribution in [0.25, 0.3) is 0 Å². The molecule has 0 spiro atoms. The molecular formula is C11H18NO+. The Morgan fingerprint density at radius 3 is 2.23 bits per heavy atom. The summed E-state index contributed by atoms with van der Waals surface area (Å²) in [5.74, 6) is 0.952. The maximum Gasteiger partial charge on any atom is 0.139 e. The van der Waals surface area contributed by atoms with E-state index in [2.05, 4.69) is 37.8 Å². The number of hydrogen-bond donors (Lipinski definition) is 1. The monoisotopic (exact) mass is 180 g/mol. The lowest BCUT2D eigenvalue weighted by atomic mass is 10.1. The quantitative estimate of drug-likeness (QED) is 0.748. The Balaban J connectivity index is 2.66. The maximum absolute atomic E-state index is 5.57. The first kappa shape index (κ1) is 10.1. The third kappa shape index (κ3) is 3.47. The molecule has 0 aliphatic carbocycles. The van der Waals surface area contributed by atoms with Crippen LogP contribution < -0.4 is 10.5 Å². The van der Waals surface area contributed by atoms with E-state index in [0.29, 0.717) is 12.6 Å².